The summed E-state index contributed by atoms with van der Waals surface area (Å²) in [5.41, 5.74) is 0.0973. The first-order valence-electron chi connectivity index (χ1n) is 12.9. The number of likely N-dealkylation sites (tertiary alicyclic amines) is 1. The van der Waals surface area contributed by atoms with Gasteiger partial charge >= 0.3 is 0 Å². The van der Waals surface area contributed by atoms with E-state index in [-0.39, 0.29) is 35.9 Å². The van der Waals surface area contributed by atoms with Crippen LogP contribution >= 0.6 is 0 Å². The average Bonchev–Trinajstić information content (AvgIpc) is 3.17. The predicted octanol–water partition coefficient (Wildman–Crippen LogP) is 1.69. The molecule has 8 nitrogen and oxygen atoms in total. The molecule has 3 saturated heterocycles. The van der Waals surface area contributed by atoms with Gasteiger partial charge in [0.25, 0.3) is 0 Å². The first-order chi connectivity index (χ1) is 15.6. The van der Waals surface area contributed by atoms with Gasteiger partial charge < -0.3 is 29.5 Å². The number of piperazine rings is 1. The van der Waals surface area contributed by atoms with Crippen molar-refractivity contribution in [2.24, 2.45) is 11.3 Å². The van der Waals surface area contributed by atoms with E-state index in [1.807, 2.05) is 4.90 Å². The molecule has 2 amide bonds. The van der Waals surface area contributed by atoms with Gasteiger partial charge in [0.15, 0.2) is 5.79 Å². The highest BCUT2D eigenvalue weighted by molar-refractivity contribution is 5.88. The van der Waals surface area contributed by atoms with E-state index in [9.17, 15) is 9.59 Å². The fourth-order valence-electron chi connectivity index (χ4n) is 6.56. The van der Waals surface area contributed by atoms with Gasteiger partial charge in [0, 0.05) is 50.0 Å². The number of hydrogen-bond donors (Lipinski definition) is 1. The Morgan fingerprint density at radius 3 is 2.58 bits per heavy atom. The Balaban J connectivity index is 1.31. The van der Waals surface area contributed by atoms with Crippen LogP contribution < -0.4 is 5.32 Å². The van der Waals surface area contributed by atoms with Gasteiger partial charge in [-0.15, -0.1) is 0 Å². The van der Waals surface area contributed by atoms with Crippen LogP contribution in [0.4, 0.5) is 0 Å². The van der Waals surface area contributed by atoms with Crippen LogP contribution in [0.5, 0.6) is 0 Å². The molecule has 1 aliphatic carbocycles. The number of rotatable bonds is 5. The second-order valence-electron chi connectivity index (χ2n) is 11.5. The molecule has 4 fully saturated rings. The highest BCUT2D eigenvalue weighted by Crippen LogP contribution is 2.47. The molecule has 188 valence electrons. The number of piperidine rings is 1. The molecule has 3 heterocycles. The van der Waals surface area contributed by atoms with Gasteiger partial charge in [0.2, 0.25) is 11.8 Å². The zero-order valence-electron chi connectivity index (χ0n) is 21.3. The SMILES string of the molecule is CC(C)CC1NCCN(CC(=O)N2CCC3(CC2C)OCC2(CCCC2N(C)C)CO3)C1=O. The van der Waals surface area contributed by atoms with Gasteiger partial charge in [-0.25, -0.2) is 0 Å². The molecule has 3 unspecified atom stereocenters. The number of carbonyl (C=O) groups excluding carboxylic acids is 2. The topological polar surface area (TPSA) is 74.3 Å². The minimum Gasteiger partial charge on any atom is -0.349 e. The summed E-state index contributed by atoms with van der Waals surface area (Å²) < 4.78 is 13.0. The summed E-state index contributed by atoms with van der Waals surface area (Å²) in [6.07, 6.45) is 5.77. The molecular weight excluding hydrogens is 420 g/mol. The predicted molar refractivity (Wildman–Crippen MR) is 127 cm³/mol. The maximum absolute atomic E-state index is 13.2. The van der Waals surface area contributed by atoms with Crippen LogP contribution in [0.2, 0.25) is 0 Å². The first kappa shape index (κ1) is 24.9. The normalized spacial score (nSPS) is 37.7. The molecule has 0 aromatic rings. The molecule has 8 heteroatoms. The van der Waals surface area contributed by atoms with E-state index in [1.165, 1.54) is 12.8 Å². The fourth-order valence-corrected chi connectivity index (χ4v) is 6.56. The quantitative estimate of drug-likeness (QED) is 0.668. The summed E-state index contributed by atoms with van der Waals surface area (Å²) in [7, 11) is 4.31. The second-order valence-corrected chi connectivity index (χ2v) is 11.5. The van der Waals surface area contributed by atoms with Crippen LogP contribution in [-0.4, -0.2) is 104 Å². The van der Waals surface area contributed by atoms with E-state index >= 15 is 0 Å². The summed E-state index contributed by atoms with van der Waals surface area (Å²) in [5, 5.41) is 3.31. The Morgan fingerprint density at radius 2 is 1.94 bits per heavy atom. The number of nitrogens with one attached hydrogen (secondary N) is 1. The second kappa shape index (κ2) is 9.80. The monoisotopic (exact) mass is 464 g/mol. The van der Waals surface area contributed by atoms with E-state index in [0.29, 0.717) is 37.9 Å². The van der Waals surface area contributed by atoms with Crippen LogP contribution in [0, 0.1) is 11.3 Å². The zero-order valence-corrected chi connectivity index (χ0v) is 21.3. The van der Waals surface area contributed by atoms with Crippen molar-refractivity contribution < 1.29 is 19.1 Å². The third kappa shape index (κ3) is 5.09. The molecular formula is C25H44N4O4. The number of ether oxygens (including phenoxy) is 2. The molecule has 2 spiro atoms. The highest BCUT2D eigenvalue weighted by Gasteiger charge is 2.53. The summed E-state index contributed by atoms with van der Waals surface area (Å²) >= 11 is 0. The Hall–Kier alpha value is -1.22. The lowest BCUT2D eigenvalue weighted by atomic mass is 9.81. The third-order valence-electron chi connectivity index (χ3n) is 8.34. The largest absolute Gasteiger partial charge is 0.349 e. The van der Waals surface area contributed by atoms with Crippen molar-refractivity contribution in [3.8, 4) is 0 Å². The summed E-state index contributed by atoms with van der Waals surface area (Å²) in [5.74, 6) is -0.0479. The fraction of sp³-hybridized carbons (Fsp3) is 0.920. The number of carbonyl (C=O) groups is 2. The van der Waals surface area contributed by atoms with Gasteiger partial charge in [-0.05, 0) is 46.2 Å². The summed E-state index contributed by atoms with van der Waals surface area (Å²) in [6, 6.07) is 0.356. The van der Waals surface area contributed by atoms with E-state index in [1.54, 1.807) is 4.90 Å². The maximum atomic E-state index is 13.2. The van der Waals surface area contributed by atoms with Gasteiger partial charge in [0.1, 0.15) is 0 Å². The zero-order chi connectivity index (χ0) is 23.8. The Labute approximate surface area is 199 Å². The van der Waals surface area contributed by atoms with Crippen molar-refractivity contribution in [3.05, 3.63) is 0 Å². The minimum absolute atomic E-state index is 0.0259. The molecule has 1 N–H and O–H groups in total. The van der Waals surface area contributed by atoms with Crippen molar-refractivity contribution >= 4 is 11.8 Å². The maximum Gasteiger partial charge on any atom is 0.242 e. The molecule has 4 aliphatic rings. The smallest absolute Gasteiger partial charge is 0.242 e. The van der Waals surface area contributed by atoms with Crippen LogP contribution in [-0.2, 0) is 19.1 Å². The number of amides is 2. The van der Waals surface area contributed by atoms with Crippen LogP contribution in [0.15, 0.2) is 0 Å². The molecule has 4 rings (SSSR count). The average molecular weight is 465 g/mol. The standard InChI is InChI=1S/C25H44N4O4/c1-18(2)13-20-23(31)28(12-10-26-20)15-22(30)29-11-9-25(14-19(29)3)32-16-24(17-33-25)8-6-7-21(24)27(4)5/h18-21,26H,6-17H2,1-5H3. The van der Waals surface area contributed by atoms with Crippen molar-refractivity contribution in [2.45, 2.75) is 83.2 Å². The molecule has 33 heavy (non-hydrogen) atoms. The van der Waals surface area contributed by atoms with Gasteiger partial charge in [-0.3, -0.25) is 9.59 Å². The molecule has 0 radical (unpaired) electrons. The molecule has 3 atom stereocenters. The van der Waals surface area contributed by atoms with Crippen LogP contribution in [0.1, 0.15) is 59.3 Å². The van der Waals surface area contributed by atoms with Crippen LogP contribution in [0.3, 0.4) is 0 Å². The van der Waals surface area contributed by atoms with Crippen molar-refractivity contribution in [3.63, 3.8) is 0 Å². The third-order valence-corrected chi connectivity index (χ3v) is 8.34. The number of hydrogen-bond acceptors (Lipinski definition) is 6. The van der Waals surface area contributed by atoms with E-state index < -0.39 is 5.79 Å². The molecule has 3 aliphatic heterocycles. The van der Waals surface area contributed by atoms with E-state index in [4.69, 9.17) is 9.47 Å². The van der Waals surface area contributed by atoms with E-state index in [2.05, 4.69) is 45.1 Å². The first-order valence-corrected chi connectivity index (χ1v) is 12.9. The lowest BCUT2D eigenvalue weighted by molar-refractivity contribution is -0.325. The molecule has 0 bridgehead atoms. The van der Waals surface area contributed by atoms with E-state index in [0.717, 1.165) is 32.6 Å². The minimum atomic E-state index is -0.575. The Kier molecular flexibility index (Phi) is 7.39. The van der Waals surface area contributed by atoms with Crippen molar-refractivity contribution in [1.82, 2.24) is 20.0 Å². The summed E-state index contributed by atoms with van der Waals surface area (Å²) in [4.78, 5) is 32.0. The molecule has 0 aromatic heterocycles. The lowest BCUT2D eigenvalue weighted by Crippen LogP contribution is -2.62. The summed E-state index contributed by atoms with van der Waals surface area (Å²) in [6.45, 7) is 9.91. The lowest BCUT2D eigenvalue weighted by Gasteiger charge is -2.52. The number of nitrogens with zero attached hydrogens (tertiary/aromatic N) is 3. The molecule has 1 saturated carbocycles. The Morgan fingerprint density at radius 1 is 1.21 bits per heavy atom. The Bertz CT molecular complexity index is 719. The van der Waals surface area contributed by atoms with Gasteiger partial charge in [0.05, 0.1) is 25.8 Å². The highest BCUT2D eigenvalue weighted by atomic mass is 16.7. The van der Waals surface area contributed by atoms with Crippen LogP contribution in [0.25, 0.3) is 0 Å². The molecule has 0 aromatic carbocycles. The van der Waals surface area contributed by atoms with Crippen molar-refractivity contribution in [1.29, 1.82) is 0 Å². The van der Waals surface area contributed by atoms with Gasteiger partial charge in [-0.2, -0.15) is 0 Å². The van der Waals surface area contributed by atoms with Crippen molar-refractivity contribution in [2.75, 3.05) is 53.5 Å². The van der Waals surface area contributed by atoms with Gasteiger partial charge in [-0.1, -0.05) is 20.3 Å².